The molecular formula is C14H20N2O2S. The summed E-state index contributed by atoms with van der Waals surface area (Å²) >= 11 is 1.40. The maximum atomic E-state index is 12.3. The Kier molecular flexibility index (Phi) is 7.19. The molecule has 0 saturated carbocycles. The molecule has 1 amide bonds. The molecule has 0 saturated heterocycles. The summed E-state index contributed by atoms with van der Waals surface area (Å²) in [6.07, 6.45) is 0. The number of amides is 1. The van der Waals surface area contributed by atoms with E-state index in [0.717, 1.165) is 4.88 Å². The van der Waals surface area contributed by atoms with Crippen molar-refractivity contribution in [3.05, 3.63) is 21.9 Å². The first kappa shape index (κ1) is 15.7. The molecule has 0 aliphatic heterocycles. The van der Waals surface area contributed by atoms with Crippen molar-refractivity contribution in [2.75, 3.05) is 32.8 Å². The van der Waals surface area contributed by atoms with Crippen molar-refractivity contribution in [2.45, 2.75) is 13.8 Å². The zero-order chi connectivity index (χ0) is 14.1. The standard InChI is InChI=1S/C14H20N2O2S/c1-3-16(10-11-18-4-2)14(17)13-8-7-12(19-13)6-5-9-15/h7-8H,3-4,9-11,15H2,1-2H3. The van der Waals surface area contributed by atoms with Crippen molar-refractivity contribution in [1.29, 1.82) is 0 Å². The Balaban J connectivity index is 2.66. The summed E-state index contributed by atoms with van der Waals surface area (Å²) < 4.78 is 5.28. The highest BCUT2D eigenvalue weighted by Crippen LogP contribution is 2.17. The van der Waals surface area contributed by atoms with Gasteiger partial charge in [-0.15, -0.1) is 11.3 Å². The van der Waals surface area contributed by atoms with Crippen LogP contribution >= 0.6 is 11.3 Å². The van der Waals surface area contributed by atoms with Gasteiger partial charge in [0.15, 0.2) is 0 Å². The lowest BCUT2D eigenvalue weighted by molar-refractivity contribution is 0.0673. The second kappa shape index (κ2) is 8.70. The van der Waals surface area contributed by atoms with Crippen molar-refractivity contribution < 1.29 is 9.53 Å². The van der Waals surface area contributed by atoms with E-state index < -0.39 is 0 Å². The van der Waals surface area contributed by atoms with Gasteiger partial charge in [-0.2, -0.15) is 0 Å². The van der Waals surface area contributed by atoms with Crippen LogP contribution in [0.25, 0.3) is 0 Å². The number of ether oxygens (including phenoxy) is 1. The van der Waals surface area contributed by atoms with E-state index in [4.69, 9.17) is 10.5 Å². The molecule has 104 valence electrons. The smallest absolute Gasteiger partial charge is 0.264 e. The predicted molar refractivity (Wildman–Crippen MR) is 78.3 cm³/mol. The average molecular weight is 280 g/mol. The van der Waals surface area contributed by atoms with Crippen LogP contribution in [0.4, 0.5) is 0 Å². The summed E-state index contributed by atoms with van der Waals surface area (Å²) in [6, 6.07) is 3.67. The van der Waals surface area contributed by atoms with E-state index in [1.165, 1.54) is 11.3 Å². The highest BCUT2D eigenvalue weighted by Gasteiger charge is 2.15. The minimum absolute atomic E-state index is 0.0352. The number of likely N-dealkylation sites (N-methyl/N-ethyl adjacent to an activating group) is 1. The highest BCUT2D eigenvalue weighted by atomic mass is 32.1. The first-order valence-corrected chi connectivity index (χ1v) is 7.20. The van der Waals surface area contributed by atoms with Crippen molar-refractivity contribution >= 4 is 17.2 Å². The first-order valence-electron chi connectivity index (χ1n) is 6.38. The molecule has 2 N–H and O–H groups in total. The fraction of sp³-hybridized carbons (Fsp3) is 0.500. The summed E-state index contributed by atoms with van der Waals surface area (Å²) in [4.78, 5) is 15.6. The van der Waals surface area contributed by atoms with Gasteiger partial charge in [0.1, 0.15) is 0 Å². The Morgan fingerprint density at radius 3 is 2.89 bits per heavy atom. The van der Waals surface area contributed by atoms with Gasteiger partial charge in [0.2, 0.25) is 0 Å². The molecule has 0 bridgehead atoms. The minimum atomic E-state index is 0.0352. The van der Waals surface area contributed by atoms with Gasteiger partial charge in [-0.25, -0.2) is 0 Å². The summed E-state index contributed by atoms with van der Waals surface area (Å²) in [6.45, 7) is 6.77. The van der Waals surface area contributed by atoms with E-state index in [2.05, 4.69) is 11.8 Å². The zero-order valence-corrected chi connectivity index (χ0v) is 12.3. The first-order chi connectivity index (χ1) is 9.22. The number of nitrogens with two attached hydrogens (primary N) is 1. The van der Waals surface area contributed by atoms with Gasteiger partial charge in [0.25, 0.3) is 5.91 Å². The molecule has 1 rings (SSSR count). The number of hydrogen-bond donors (Lipinski definition) is 1. The molecule has 0 unspecified atom stereocenters. The van der Waals surface area contributed by atoms with Gasteiger partial charge < -0.3 is 15.4 Å². The summed E-state index contributed by atoms with van der Waals surface area (Å²) in [5.74, 6) is 5.76. The number of rotatable bonds is 6. The molecule has 0 aliphatic carbocycles. The topological polar surface area (TPSA) is 55.6 Å². The van der Waals surface area contributed by atoms with Crippen LogP contribution in [0.5, 0.6) is 0 Å². The van der Waals surface area contributed by atoms with E-state index >= 15 is 0 Å². The molecule has 5 heteroatoms. The van der Waals surface area contributed by atoms with Crippen LogP contribution < -0.4 is 5.73 Å². The molecule has 1 heterocycles. The predicted octanol–water partition coefficient (Wildman–Crippen LogP) is 1.56. The lowest BCUT2D eigenvalue weighted by atomic mass is 10.3. The van der Waals surface area contributed by atoms with E-state index in [1.54, 1.807) is 4.90 Å². The van der Waals surface area contributed by atoms with Crippen LogP contribution in [0.2, 0.25) is 0 Å². The van der Waals surface area contributed by atoms with E-state index in [0.29, 0.717) is 37.7 Å². The van der Waals surface area contributed by atoms with Crippen molar-refractivity contribution in [3.63, 3.8) is 0 Å². The number of nitrogens with zero attached hydrogens (tertiary/aromatic N) is 1. The maximum Gasteiger partial charge on any atom is 0.264 e. The summed E-state index contributed by atoms with van der Waals surface area (Å²) in [7, 11) is 0. The number of thiophene rings is 1. The Bertz CT molecular complexity index is 460. The van der Waals surface area contributed by atoms with Gasteiger partial charge >= 0.3 is 0 Å². The van der Waals surface area contributed by atoms with Crippen LogP contribution in [0.3, 0.4) is 0 Å². The lowest BCUT2D eigenvalue weighted by Gasteiger charge is -2.19. The molecule has 1 aromatic rings. The van der Waals surface area contributed by atoms with Gasteiger partial charge in [-0.05, 0) is 26.0 Å². The van der Waals surface area contributed by atoms with Gasteiger partial charge in [0, 0.05) is 19.7 Å². The third kappa shape index (κ3) is 5.03. The van der Waals surface area contributed by atoms with Crippen molar-refractivity contribution in [1.82, 2.24) is 4.90 Å². The Morgan fingerprint density at radius 1 is 1.47 bits per heavy atom. The van der Waals surface area contributed by atoms with Gasteiger partial charge in [0.05, 0.1) is 22.9 Å². The fourth-order valence-corrected chi connectivity index (χ4v) is 2.39. The van der Waals surface area contributed by atoms with Crippen LogP contribution in [0.1, 0.15) is 28.4 Å². The highest BCUT2D eigenvalue weighted by molar-refractivity contribution is 7.14. The fourth-order valence-electron chi connectivity index (χ4n) is 1.54. The molecule has 4 nitrogen and oxygen atoms in total. The molecule has 0 aromatic carbocycles. The quantitative estimate of drug-likeness (QED) is 0.635. The van der Waals surface area contributed by atoms with Crippen LogP contribution in [0.15, 0.2) is 12.1 Å². The molecule has 19 heavy (non-hydrogen) atoms. The normalized spacial score (nSPS) is 9.84. The lowest BCUT2D eigenvalue weighted by Crippen LogP contribution is -2.33. The molecule has 0 aliphatic rings. The largest absolute Gasteiger partial charge is 0.380 e. The summed E-state index contributed by atoms with van der Waals surface area (Å²) in [5.41, 5.74) is 5.32. The number of carbonyl (C=O) groups is 1. The van der Waals surface area contributed by atoms with Gasteiger partial charge in [-0.3, -0.25) is 4.79 Å². The Hall–Kier alpha value is -1.35. The monoisotopic (exact) mass is 280 g/mol. The number of hydrogen-bond acceptors (Lipinski definition) is 4. The molecule has 1 aromatic heterocycles. The second-order valence-electron chi connectivity index (χ2n) is 3.75. The third-order valence-corrected chi connectivity index (χ3v) is 3.50. The second-order valence-corrected chi connectivity index (χ2v) is 4.84. The zero-order valence-electron chi connectivity index (χ0n) is 11.4. The molecule has 0 spiro atoms. The van der Waals surface area contributed by atoms with Gasteiger partial charge in [-0.1, -0.05) is 11.8 Å². The number of carbonyl (C=O) groups excluding carboxylic acids is 1. The Morgan fingerprint density at radius 2 is 2.26 bits per heavy atom. The molecule has 0 radical (unpaired) electrons. The van der Waals surface area contributed by atoms with Crippen LogP contribution in [-0.2, 0) is 4.74 Å². The molecular weight excluding hydrogens is 260 g/mol. The van der Waals surface area contributed by atoms with Crippen LogP contribution in [-0.4, -0.2) is 43.7 Å². The van der Waals surface area contributed by atoms with E-state index in [-0.39, 0.29) is 5.91 Å². The van der Waals surface area contributed by atoms with E-state index in [9.17, 15) is 4.79 Å². The SMILES string of the molecule is CCOCCN(CC)C(=O)c1ccc(C#CCN)s1. The molecule has 0 atom stereocenters. The Labute approximate surface area is 118 Å². The average Bonchev–Trinajstić information content (AvgIpc) is 2.89. The van der Waals surface area contributed by atoms with Crippen LogP contribution in [0, 0.1) is 11.8 Å². The summed E-state index contributed by atoms with van der Waals surface area (Å²) in [5, 5.41) is 0. The minimum Gasteiger partial charge on any atom is -0.380 e. The van der Waals surface area contributed by atoms with Crippen molar-refractivity contribution in [2.24, 2.45) is 5.73 Å². The van der Waals surface area contributed by atoms with E-state index in [1.807, 2.05) is 26.0 Å². The third-order valence-electron chi connectivity index (χ3n) is 2.51. The molecule has 0 fully saturated rings. The van der Waals surface area contributed by atoms with Crippen molar-refractivity contribution in [3.8, 4) is 11.8 Å². The maximum absolute atomic E-state index is 12.3.